The Kier molecular flexibility index (Phi) is 2.63. The highest BCUT2D eigenvalue weighted by atomic mass is 16.5. The second-order valence-corrected chi connectivity index (χ2v) is 5.10. The maximum atomic E-state index is 10.6. The van der Waals surface area contributed by atoms with Crippen LogP contribution in [0.25, 0.3) is 0 Å². The predicted octanol–water partition coefficient (Wildman–Crippen LogP) is 2.38. The lowest BCUT2D eigenvalue weighted by molar-refractivity contribution is -0.137. The minimum atomic E-state index is -0.680. The summed E-state index contributed by atoms with van der Waals surface area (Å²) in [7, 11) is 0. The molecule has 1 aromatic rings. The number of rotatable bonds is 4. The van der Waals surface area contributed by atoms with Gasteiger partial charge in [-0.2, -0.15) is 0 Å². The number of hydrogen-bond acceptors (Lipinski definition) is 2. The van der Waals surface area contributed by atoms with Crippen molar-refractivity contribution in [2.75, 3.05) is 13.2 Å². The molecule has 90 valence electrons. The zero-order valence-corrected chi connectivity index (χ0v) is 9.63. The fourth-order valence-electron chi connectivity index (χ4n) is 2.55. The lowest BCUT2D eigenvalue weighted by Gasteiger charge is -2.26. The van der Waals surface area contributed by atoms with Crippen molar-refractivity contribution in [1.29, 1.82) is 0 Å². The van der Waals surface area contributed by atoms with Crippen LogP contribution in [-0.2, 0) is 9.53 Å². The summed E-state index contributed by atoms with van der Waals surface area (Å²) < 4.78 is 5.17. The van der Waals surface area contributed by atoms with Crippen molar-refractivity contribution in [3.05, 3.63) is 35.4 Å². The highest BCUT2D eigenvalue weighted by Crippen LogP contribution is 2.49. The molecule has 2 unspecified atom stereocenters. The molecule has 2 fully saturated rings. The summed E-state index contributed by atoms with van der Waals surface area (Å²) >= 11 is 0. The molecule has 17 heavy (non-hydrogen) atoms. The quantitative estimate of drug-likeness (QED) is 0.867. The molecule has 2 atom stereocenters. The summed E-state index contributed by atoms with van der Waals surface area (Å²) in [6.45, 7) is 1.68. The highest BCUT2D eigenvalue weighted by Gasteiger charge is 2.39. The van der Waals surface area contributed by atoms with Gasteiger partial charge in [0.05, 0.1) is 13.2 Å². The van der Waals surface area contributed by atoms with Crippen LogP contribution >= 0.6 is 0 Å². The van der Waals surface area contributed by atoms with Crippen LogP contribution in [0.2, 0.25) is 0 Å². The summed E-state index contributed by atoms with van der Waals surface area (Å²) in [5.41, 5.74) is 2.63. The summed E-state index contributed by atoms with van der Waals surface area (Å²) in [4.78, 5) is 10.6. The number of carbonyl (C=O) groups is 1. The van der Waals surface area contributed by atoms with Crippen molar-refractivity contribution < 1.29 is 14.6 Å². The molecule has 1 aliphatic heterocycles. The van der Waals surface area contributed by atoms with Gasteiger partial charge in [-0.15, -0.1) is 0 Å². The highest BCUT2D eigenvalue weighted by molar-refractivity contribution is 5.67. The maximum absolute atomic E-state index is 10.6. The Morgan fingerprint density at radius 1 is 1.24 bits per heavy atom. The lowest BCUT2D eigenvalue weighted by Crippen LogP contribution is -2.24. The summed E-state index contributed by atoms with van der Waals surface area (Å²) in [5.74, 6) is 0.710. The van der Waals surface area contributed by atoms with Gasteiger partial charge in [0.1, 0.15) is 0 Å². The van der Waals surface area contributed by atoms with Crippen molar-refractivity contribution in [3.8, 4) is 0 Å². The van der Waals surface area contributed by atoms with E-state index in [1.54, 1.807) is 0 Å². The largest absolute Gasteiger partial charge is 0.481 e. The van der Waals surface area contributed by atoms with Crippen molar-refractivity contribution in [2.45, 2.75) is 24.7 Å². The molecule has 0 radical (unpaired) electrons. The molecule has 1 saturated heterocycles. The van der Waals surface area contributed by atoms with Crippen LogP contribution in [0.3, 0.4) is 0 Å². The van der Waals surface area contributed by atoms with Crippen LogP contribution in [0, 0.1) is 5.92 Å². The molecule has 1 aromatic carbocycles. The summed E-state index contributed by atoms with van der Waals surface area (Å²) in [6.07, 6.45) is 1.33. The van der Waals surface area contributed by atoms with Crippen molar-refractivity contribution in [1.82, 2.24) is 0 Å². The van der Waals surface area contributed by atoms with Gasteiger partial charge in [-0.1, -0.05) is 24.3 Å². The van der Waals surface area contributed by atoms with E-state index in [4.69, 9.17) is 9.84 Å². The first-order valence-electron chi connectivity index (χ1n) is 6.13. The molecule has 1 saturated carbocycles. The lowest BCUT2D eigenvalue weighted by atomic mass is 9.95. The van der Waals surface area contributed by atoms with Gasteiger partial charge in [-0.3, -0.25) is 4.79 Å². The van der Waals surface area contributed by atoms with E-state index in [0.717, 1.165) is 19.6 Å². The number of carboxylic acids is 1. The third-order valence-electron chi connectivity index (χ3n) is 3.83. The molecule has 0 spiro atoms. The Bertz CT molecular complexity index is 420. The van der Waals surface area contributed by atoms with Gasteiger partial charge >= 0.3 is 5.97 Å². The van der Waals surface area contributed by atoms with Gasteiger partial charge in [0.2, 0.25) is 0 Å². The van der Waals surface area contributed by atoms with Gasteiger partial charge in [-0.05, 0) is 29.4 Å². The molecule has 1 heterocycles. The number of hydrogen-bond donors (Lipinski definition) is 1. The zero-order valence-electron chi connectivity index (χ0n) is 9.63. The molecule has 3 rings (SSSR count). The van der Waals surface area contributed by atoms with Gasteiger partial charge < -0.3 is 9.84 Å². The van der Waals surface area contributed by atoms with Gasteiger partial charge in [0, 0.05) is 12.3 Å². The third kappa shape index (κ3) is 2.20. The maximum Gasteiger partial charge on any atom is 0.303 e. The minimum Gasteiger partial charge on any atom is -0.481 e. The Hall–Kier alpha value is -1.35. The molecule has 3 nitrogen and oxygen atoms in total. The molecule has 0 aromatic heterocycles. The van der Waals surface area contributed by atoms with Crippen LogP contribution < -0.4 is 0 Å². The summed E-state index contributed by atoms with van der Waals surface area (Å²) in [5, 5.41) is 8.73. The normalized spacial score (nSPS) is 27.5. The second kappa shape index (κ2) is 4.15. The zero-order chi connectivity index (χ0) is 11.8. The molecule has 1 aliphatic carbocycles. The van der Waals surface area contributed by atoms with E-state index in [9.17, 15) is 4.79 Å². The number of aliphatic carboxylic acids is 1. The van der Waals surface area contributed by atoms with E-state index in [1.165, 1.54) is 11.1 Å². The summed E-state index contributed by atoms with van der Waals surface area (Å²) in [6, 6.07) is 8.64. The standard InChI is InChI=1S/C14H16O3/c15-14(16)6-11-5-13(11)10-3-1-9(2-4-10)12-7-17-8-12/h1-4,11-13H,5-8H2,(H,15,16). The van der Waals surface area contributed by atoms with Crippen LogP contribution in [0.5, 0.6) is 0 Å². The van der Waals surface area contributed by atoms with E-state index in [0.29, 0.717) is 24.2 Å². The van der Waals surface area contributed by atoms with Crippen molar-refractivity contribution >= 4 is 5.97 Å². The van der Waals surface area contributed by atoms with E-state index in [1.807, 2.05) is 0 Å². The van der Waals surface area contributed by atoms with Crippen LogP contribution in [-0.4, -0.2) is 24.3 Å². The smallest absolute Gasteiger partial charge is 0.303 e. The fourth-order valence-corrected chi connectivity index (χ4v) is 2.55. The molecule has 0 bridgehead atoms. The van der Waals surface area contributed by atoms with Crippen LogP contribution in [0.15, 0.2) is 24.3 Å². The molecular weight excluding hydrogens is 216 g/mol. The average Bonchev–Trinajstić information content (AvgIpc) is 2.94. The molecule has 1 N–H and O–H groups in total. The fraction of sp³-hybridized carbons (Fsp3) is 0.500. The molecule has 0 amide bonds. The predicted molar refractivity (Wildman–Crippen MR) is 63.1 cm³/mol. The van der Waals surface area contributed by atoms with Crippen LogP contribution in [0.4, 0.5) is 0 Å². The van der Waals surface area contributed by atoms with E-state index < -0.39 is 5.97 Å². The monoisotopic (exact) mass is 232 g/mol. The SMILES string of the molecule is O=C(O)CC1CC1c1ccc(C2COC2)cc1. The van der Waals surface area contributed by atoms with E-state index in [2.05, 4.69) is 24.3 Å². The Morgan fingerprint density at radius 3 is 2.41 bits per heavy atom. The third-order valence-corrected chi connectivity index (χ3v) is 3.83. The molecular formula is C14H16O3. The first-order valence-corrected chi connectivity index (χ1v) is 6.13. The Labute approximate surface area is 100 Å². The van der Waals surface area contributed by atoms with E-state index in [-0.39, 0.29) is 0 Å². The van der Waals surface area contributed by atoms with Crippen molar-refractivity contribution in [2.24, 2.45) is 5.92 Å². The molecule has 3 heteroatoms. The first kappa shape index (κ1) is 10.8. The first-order chi connectivity index (χ1) is 8.24. The molecule has 2 aliphatic rings. The van der Waals surface area contributed by atoms with Gasteiger partial charge in [0.15, 0.2) is 0 Å². The number of ether oxygens (including phenoxy) is 1. The second-order valence-electron chi connectivity index (χ2n) is 5.10. The van der Waals surface area contributed by atoms with E-state index >= 15 is 0 Å². The van der Waals surface area contributed by atoms with Crippen LogP contribution in [0.1, 0.15) is 35.8 Å². The average molecular weight is 232 g/mol. The number of benzene rings is 1. The number of carboxylic acid groups (broad SMARTS) is 1. The van der Waals surface area contributed by atoms with Crippen molar-refractivity contribution in [3.63, 3.8) is 0 Å². The van der Waals surface area contributed by atoms with Gasteiger partial charge in [0.25, 0.3) is 0 Å². The van der Waals surface area contributed by atoms with Gasteiger partial charge in [-0.25, -0.2) is 0 Å². The minimum absolute atomic E-state index is 0.308. The topological polar surface area (TPSA) is 46.5 Å². The Balaban J connectivity index is 1.63. The Morgan fingerprint density at radius 2 is 1.88 bits per heavy atom.